The van der Waals surface area contributed by atoms with Gasteiger partial charge in [-0.3, -0.25) is 9.59 Å². The molecular formula is C28H31Cl2F3N2O3. The van der Waals surface area contributed by atoms with Gasteiger partial charge in [0.05, 0.1) is 24.0 Å². The van der Waals surface area contributed by atoms with E-state index >= 15 is 0 Å². The molecule has 0 spiro atoms. The molecule has 5 nitrogen and oxygen atoms in total. The number of amides is 1. The first-order valence-electron chi connectivity index (χ1n) is 12.5. The number of esters is 1. The second-order valence-corrected chi connectivity index (χ2v) is 11.4. The fraction of sp³-hybridized carbons (Fsp3) is 0.500. The summed E-state index contributed by atoms with van der Waals surface area (Å²) in [6, 6.07) is 4.14. The summed E-state index contributed by atoms with van der Waals surface area (Å²) in [5, 5.41) is 1.47. The summed E-state index contributed by atoms with van der Waals surface area (Å²) < 4.78 is 46.8. The van der Waals surface area contributed by atoms with Crippen LogP contribution in [0.5, 0.6) is 0 Å². The third-order valence-electron chi connectivity index (χ3n) is 8.05. The summed E-state index contributed by atoms with van der Waals surface area (Å²) in [7, 11) is 3.08. The normalized spacial score (nSPS) is 24.6. The van der Waals surface area contributed by atoms with Crippen molar-refractivity contribution in [3.8, 4) is 0 Å². The zero-order valence-electron chi connectivity index (χ0n) is 22.0. The SMILES string of the molecule is COC(=O)C1CCN(C(=O)C2(C)CC=C(Cl)C(Cc3cc4c(C)cc(C(F)(F)F)cc4n3C)=C2Cl)CC1C. The van der Waals surface area contributed by atoms with Crippen molar-refractivity contribution < 1.29 is 27.5 Å². The van der Waals surface area contributed by atoms with E-state index in [2.05, 4.69) is 0 Å². The zero-order valence-corrected chi connectivity index (χ0v) is 23.5. The van der Waals surface area contributed by atoms with E-state index in [0.29, 0.717) is 58.0 Å². The largest absolute Gasteiger partial charge is 0.469 e. The van der Waals surface area contributed by atoms with Crippen LogP contribution in [0, 0.1) is 24.2 Å². The Balaban J connectivity index is 1.65. The number of allylic oxidation sites excluding steroid dienone is 3. The van der Waals surface area contributed by atoms with Gasteiger partial charge in [-0.25, -0.2) is 0 Å². The van der Waals surface area contributed by atoms with Gasteiger partial charge in [-0.15, -0.1) is 0 Å². The molecule has 0 radical (unpaired) electrons. The second-order valence-electron chi connectivity index (χ2n) is 10.6. The number of piperidine rings is 1. The van der Waals surface area contributed by atoms with E-state index in [1.54, 1.807) is 36.4 Å². The molecule has 1 aromatic carbocycles. The van der Waals surface area contributed by atoms with Crippen molar-refractivity contribution in [2.45, 2.75) is 46.2 Å². The van der Waals surface area contributed by atoms with Crippen LogP contribution in [-0.2, 0) is 34.0 Å². The molecule has 1 aromatic heterocycles. The predicted molar refractivity (Wildman–Crippen MR) is 142 cm³/mol. The number of benzene rings is 1. The summed E-state index contributed by atoms with van der Waals surface area (Å²) >= 11 is 13.5. The maximum absolute atomic E-state index is 13.8. The Morgan fingerprint density at radius 2 is 1.89 bits per heavy atom. The maximum Gasteiger partial charge on any atom is 0.416 e. The number of likely N-dealkylation sites (tertiary alicyclic amines) is 1. The number of hydrogen-bond donors (Lipinski definition) is 0. The highest BCUT2D eigenvalue weighted by Gasteiger charge is 2.45. The van der Waals surface area contributed by atoms with Gasteiger partial charge in [0.25, 0.3) is 0 Å². The molecule has 2 aliphatic rings. The summed E-state index contributed by atoms with van der Waals surface area (Å²) in [5.41, 5.74) is 0.537. The Kier molecular flexibility index (Phi) is 7.71. The number of fused-ring (bicyclic) bond motifs is 1. The van der Waals surface area contributed by atoms with Crippen LogP contribution in [-0.4, -0.2) is 41.5 Å². The van der Waals surface area contributed by atoms with E-state index in [9.17, 15) is 22.8 Å². The van der Waals surface area contributed by atoms with Gasteiger partial charge in [-0.1, -0.05) is 36.2 Å². The molecule has 2 heterocycles. The van der Waals surface area contributed by atoms with Crippen molar-refractivity contribution in [3.05, 3.63) is 56.7 Å². The number of rotatable bonds is 4. The van der Waals surface area contributed by atoms with E-state index in [4.69, 9.17) is 27.9 Å². The van der Waals surface area contributed by atoms with Crippen LogP contribution in [0.1, 0.15) is 43.5 Å². The van der Waals surface area contributed by atoms with Crippen molar-refractivity contribution in [2.24, 2.45) is 24.3 Å². The molecule has 1 saturated heterocycles. The number of nitrogens with zero attached hydrogens (tertiary/aromatic N) is 2. The minimum absolute atomic E-state index is 0.0608. The van der Waals surface area contributed by atoms with Crippen LogP contribution in [0.25, 0.3) is 10.9 Å². The number of halogens is 5. The number of carbonyl (C=O) groups is 2. The Bertz CT molecular complexity index is 1360. The molecule has 0 N–H and O–H groups in total. The van der Waals surface area contributed by atoms with Crippen molar-refractivity contribution in [1.29, 1.82) is 0 Å². The number of ether oxygens (including phenoxy) is 1. The highest BCUT2D eigenvalue weighted by molar-refractivity contribution is 6.37. The fourth-order valence-corrected chi connectivity index (χ4v) is 6.26. The second kappa shape index (κ2) is 10.3. The average molecular weight is 571 g/mol. The molecule has 3 atom stereocenters. The number of methoxy groups -OCH3 is 1. The standard InChI is InChI=1S/C28H31Cl2F3N2O3/c1-15-10-17(28(31,32)33)11-23-20(15)12-18(34(23)4)13-21-22(29)6-8-27(3,24(21)30)26(37)35-9-7-19(16(2)14-35)25(36)38-5/h6,10-12,16,19H,7-9,13-14H2,1-5H3. The molecule has 1 aliphatic heterocycles. The third kappa shape index (κ3) is 4.97. The Morgan fingerprint density at radius 3 is 2.50 bits per heavy atom. The van der Waals surface area contributed by atoms with Crippen LogP contribution in [0.2, 0.25) is 0 Å². The smallest absolute Gasteiger partial charge is 0.416 e. The first-order valence-corrected chi connectivity index (χ1v) is 13.2. The molecule has 1 amide bonds. The third-order valence-corrected chi connectivity index (χ3v) is 9.08. The predicted octanol–water partition coefficient (Wildman–Crippen LogP) is 6.73. The molecule has 0 saturated carbocycles. The van der Waals surface area contributed by atoms with Crippen LogP contribution < -0.4 is 0 Å². The van der Waals surface area contributed by atoms with Crippen molar-refractivity contribution in [3.63, 3.8) is 0 Å². The summed E-state index contributed by atoms with van der Waals surface area (Å²) in [6.07, 6.45) is -1.59. The van der Waals surface area contributed by atoms with E-state index in [1.807, 2.05) is 13.0 Å². The average Bonchev–Trinajstić information content (AvgIpc) is 3.18. The van der Waals surface area contributed by atoms with E-state index in [0.717, 1.165) is 17.8 Å². The van der Waals surface area contributed by atoms with Crippen molar-refractivity contribution >= 4 is 46.0 Å². The van der Waals surface area contributed by atoms with Crippen LogP contribution in [0.15, 0.2) is 39.9 Å². The van der Waals surface area contributed by atoms with Crippen LogP contribution in [0.3, 0.4) is 0 Å². The van der Waals surface area contributed by atoms with Gasteiger partial charge in [-0.05, 0) is 61.9 Å². The topological polar surface area (TPSA) is 51.5 Å². The molecule has 1 fully saturated rings. The molecule has 0 bridgehead atoms. The van der Waals surface area contributed by atoms with Gasteiger partial charge in [0.2, 0.25) is 5.91 Å². The Labute approximate surface area is 230 Å². The quantitative estimate of drug-likeness (QED) is 0.383. The first-order chi connectivity index (χ1) is 17.7. The fourth-order valence-electron chi connectivity index (χ4n) is 5.65. The number of hydrogen-bond acceptors (Lipinski definition) is 3. The number of carbonyl (C=O) groups excluding carboxylic acids is 2. The van der Waals surface area contributed by atoms with Gasteiger partial charge < -0.3 is 14.2 Å². The first kappa shape index (κ1) is 28.6. The van der Waals surface area contributed by atoms with Gasteiger partial charge >= 0.3 is 12.1 Å². The molecule has 2 aromatic rings. The van der Waals surface area contributed by atoms with Crippen LogP contribution >= 0.6 is 23.2 Å². The van der Waals surface area contributed by atoms with E-state index in [1.165, 1.54) is 7.11 Å². The van der Waals surface area contributed by atoms with Gasteiger partial charge in [0, 0.05) is 53.2 Å². The highest BCUT2D eigenvalue weighted by Crippen LogP contribution is 2.46. The van der Waals surface area contributed by atoms with Crippen LogP contribution in [0.4, 0.5) is 13.2 Å². The molecule has 1 aliphatic carbocycles. The summed E-state index contributed by atoms with van der Waals surface area (Å²) in [5.74, 6) is -0.726. The highest BCUT2D eigenvalue weighted by atomic mass is 35.5. The lowest BCUT2D eigenvalue weighted by Gasteiger charge is -2.41. The Hall–Kier alpha value is -2.45. The molecular weight excluding hydrogens is 540 g/mol. The van der Waals surface area contributed by atoms with E-state index in [-0.39, 0.29) is 30.1 Å². The summed E-state index contributed by atoms with van der Waals surface area (Å²) in [6.45, 7) is 6.20. The molecule has 10 heteroatoms. The molecule has 3 unspecified atom stereocenters. The molecule has 206 valence electrons. The van der Waals surface area contributed by atoms with E-state index < -0.39 is 17.2 Å². The summed E-state index contributed by atoms with van der Waals surface area (Å²) in [4.78, 5) is 27.6. The minimum Gasteiger partial charge on any atom is -0.469 e. The lowest BCUT2D eigenvalue weighted by molar-refractivity contribution is -0.153. The zero-order chi connectivity index (χ0) is 28.2. The van der Waals surface area contributed by atoms with Gasteiger partial charge in [0.1, 0.15) is 0 Å². The lowest BCUT2D eigenvalue weighted by Crippen LogP contribution is -2.50. The van der Waals surface area contributed by atoms with Crippen molar-refractivity contribution in [1.82, 2.24) is 9.47 Å². The van der Waals surface area contributed by atoms with Crippen molar-refractivity contribution in [2.75, 3.05) is 20.2 Å². The van der Waals surface area contributed by atoms with Gasteiger partial charge in [0.15, 0.2) is 0 Å². The number of aryl methyl sites for hydroxylation is 2. The number of alkyl halides is 3. The minimum atomic E-state index is -4.45. The molecule has 38 heavy (non-hydrogen) atoms. The monoisotopic (exact) mass is 570 g/mol. The van der Waals surface area contributed by atoms with Gasteiger partial charge in [-0.2, -0.15) is 13.2 Å². The Morgan fingerprint density at radius 1 is 1.21 bits per heavy atom. The maximum atomic E-state index is 13.8. The molecule has 4 rings (SSSR count). The lowest BCUT2D eigenvalue weighted by atomic mass is 9.77. The number of aromatic nitrogens is 1.